The molecule has 0 saturated heterocycles. The summed E-state index contributed by atoms with van der Waals surface area (Å²) in [6, 6.07) is 0. The maximum atomic E-state index is 10.5. The highest BCUT2D eigenvalue weighted by Gasteiger charge is 2.30. The highest BCUT2D eigenvalue weighted by atomic mass is 32.1. The molecule has 1 atom stereocenters. The monoisotopic (exact) mass is 267 g/mol. The molecule has 1 saturated carbocycles. The lowest BCUT2D eigenvalue weighted by molar-refractivity contribution is 0.0203. The van der Waals surface area contributed by atoms with Crippen molar-refractivity contribution in [1.29, 1.82) is 0 Å². The Balaban J connectivity index is 1.97. The predicted molar refractivity (Wildman–Crippen MR) is 77.1 cm³/mol. The van der Waals surface area contributed by atoms with Gasteiger partial charge in [-0.25, -0.2) is 4.98 Å². The number of nitrogens with zero attached hydrogens (tertiary/aromatic N) is 1. The minimum atomic E-state index is -0.585. The summed E-state index contributed by atoms with van der Waals surface area (Å²) < 4.78 is 0. The van der Waals surface area contributed by atoms with E-state index in [9.17, 15) is 5.11 Å². The Kier molecular flexibility index (Phi) is 3.84. The standard InChI is InChI=1S/C15H25NOS/c1-14(2,3)12-10-18-13(16-12)9-15(4,17)8-11-6-5-7-11/h10-11,17H,5-9H2,1-4H3. The molecule has 0 radical (unpaired) electrons. The van der Waals surface area contributed by atoms with Crippen LogP contribution in [-0.4, -0.2) is 15.7 Å². The van der Waals surface area contributed by atoms with Gasteiger partial charge in [-0.1, -0.05) is 40.0 Å². The van der Waals surface area contributed by atoms with Crippen molar-refractivity contribution in [3.8, 4) is 0 Å². The van der Waals surface area contributed by atoms with E-state index in [-0.39, 0.29) is 5.41 Å². The Morgan fingerprint density at radius 2 is 2.00 bits per heavy atom. The van der Waals surface area contributed by atoms with E-state index in [0.717, 1.165) is 23.0 Å². The van der Waals surface area contributed by atoms with E-state index in [2.05, 4.69) is 31.1 Å². The average Bonchev–Trinajstić information content (AvgIpc) is 2.58. The van der Waals surface area contributed by atoms with E-state index in [1.807, 2.05) is 6.92 Å². The van der Waals surface area contributed by atoms with Crippen LogP contribution in [0.2, 0.25) is 0 Å². The molecule has 1 aliphatic carbocycles. The fourth-order valence-electron chi connectivity index (χ4n) is 2.45. The first kappa shape index (κ1) is 14.0. The number of aromatic nitrogens is 1. The number of aliphatic hydroxyl groups is 1. The summed E-state index contributed by atoms with van der Waals surface area (Å²) in [5.74, 6) is 0.738. The van der Waals surface area contributed by atoms with Gasteiger partial charge in [-0.3, -0.25) is 0 Å². The van der Waals surface area contributed by atoms with Crippen LogP contribution in [0.4, 0.5) is 0 Å². The molecule has 18 heavy (non-hydrogen) atoms. The molecule has 102 valence electrons. The summed E-state index contributed by atoms with van der Waals surface area (Å²) in [5.41, 5.74) is 0.661. The Hall–Kier alpha value is -0.410. The first-order valence-corrected chi connectivity index (χ1v) is 7.81. The summed E-state index contributed by atoms with van der Waals surface area (Å²) in [7, 11) is 0. The first-order valence-electron chi connectivity index (χ1n) is 6.93. The van der Waals surface area contributed by atoms with Gasteiger partial charge in [0.1, 0.15) is 0 Å². The molecule has 0 bridgehead atoms. The van der Waals surface area contributed by atoms with Crippen LogP contribution in [-0.2, 0) is 11.8 Å². The Bertz CT molecular complexity index is 399. The number of rotatable bonds is 4. The zero-order valence-electron chi connectivity index (χ0n) is 12.0. The van der Waals surface area contributed by atoms with Crippen molar-refractivity contribution >= 4 is 11.3 Å². The zero-order chi connectivity index (χ0) is 13.4. The molecule has 0 spiro atoms. The molecule has 0 aromatic carbocycles. The second-order valence-corrected chi connectivity index (χ2v) is 7.99. The molecule has 2 nitrogen and oxygen atoms in total. The Morgan fingerprint density at radius 1 is 1.33 bits per heavy atom. The van der Waals surface area contributed by atoms with E-state index in [1.54, 1.807) is 11.3 Å². The third-order valence-electron chi connectivity index (χ3n) is 3.81. The molecule has 1 unspecified atom stereocenters. The Labute approximate surface area is 114 Å². The van der Waals surface area contributed by atoms with E-state index in [0.29, 0.717) is 6.42 Å². The van der Waals surface area contributed by atoms with Crippen molar-refractivity contribution in [3.05, 3.63) is 16.1 Å². The van der Waals surface area contributed by atoms with Crippen LogP contribution in [0.3, 0.4) is 0 Å². The second-order valence-electron chi connectivity index (χ2n) is 7.05. The second kappa shape index (κ2) is 4.93. The SMILES string of the molecule is CC(O)(Cc1nc(C(C)(C)C)cs1)CC1CCC1. The smallest absolute Gasteiger partial charge is 0.0957 e. The summed E-state index contributed by atoms with van der Waals surface area (Å²) >= 11 is 1.68. The molecule has 1 heterocycles. The largest absolute Gasteiger partial charge is 0.390 e. The lowest BCUT2D eigenvalue weighted by Gasteiger charge is -2.33. The van der Waals surface area contributed by atoms with Crippen LogP contribution in [0.1, 0.15) is 64.1 Å². The molecule has 0 amide bonds. The highest BCUT2D eigenvalue weighted by Crippen LogP contribution is 2.35. The zero-order valence-corrected chi connectivity index (χ0v) is 12.8. The summed E-state index contributed by atoms with van der Waals surface area (Å²) in [6.07, 6.45) is 5.55. The Morgan fingerprint density at radius 3 is 2.44 bits per heavy atom. The summed E-state index contributed by atoms with van der Waals surface area (Å²) in [5, 5.41) is 13.7. The summed E-state index contributed by atoms with van der Waals surface area (Å²) in [6.45, 7) is 8.50. The maximum absolute atomic E-state index is 10.5. The number of hydrogen-bond acceptors (Lipinski definition) is 3. The fraction of sp³-hybridized carbons (Fsp3) is 0.800. The minimum Gasteiger partial charge on any atom is -0.390 e. The van der Waals surface area contributed by atoms with Crippen LogP contribution < -0.4 is 0 Å². The minimum absolute atomic E-state index is 0.106. The molecule has 1 fully saturated rings. The lowest BCUT2D eigenvalue weighted by atomic mass is 9.77. The van der Waals surface area contributed by atoms with Crippen molar-refractivity contribution in [2.24, 2.45) is 5.92 Å². The van der Waals surface area contributed by atoms with Gasteiger partial charge in [0.2, 0.25) is 0 Å². The third kappa shape index (κ3) is 3.55. The normalized spacial score (nSPS) is 20.5. The van der Waals surface area contributed by atoms with Gasteiger partial charge in [-0.05, 0) is 19.3 Å². The molecular formula is C15H25NOS. The van der Waals surface area contributed by atoms with Gasteiger partial charge in [-0.2, -0.15) is 0 Å². The molecule has 3 heteroatoms. The van der Waals surface area contributed by atoms with Crippen molar-refractivity contribution in [3.63, 3.8) is 0 Å². The van der Waals surface area contributed by atoms with Gasteiger partial charge in [-0.15, -0.1) is 11.3 Å². The number of thiazole rings is 1. The van der Waals surface area contributed by atoms with Crippen molar-refractivity contribution < 1.29 is 5.11 Å². The van der Waals surface area contributed by atoms with Crippen molar-refractivity contribution in [1.82, 2.24) is 4.98 Å². The molecule has 1 aromatic rings. The topological polar surface area (TPSA) is 33.1 Å². The predicted octanol–water partition coefficient (Wildman–Crippen LogP) is 3.92. The van der Waals surface area contributed by atoms with Gasteiger partial charge < -0.3 is 5.11 Å². The molecule has 1 aromatic heterocycles. The van der Waals surface area contributed by atoms with Crippen LogP contribution in [0, 0.1) is 5.92 Å². The third-order valence-corrected chi connectivity index (χ3v) is 4.65. The summed E-state index contributed by atoms with van der Waals surface area (Å²) in [4.78, 5) is 4.68. The van der Waals surface area contributed by atoms with Crippen molar-refractivity contribution in [2.75, 3.05) is 0 Å². The van der Waals surface area contributed by atoms with E-state index in [1.165, 1.54) is 19.3 Å². The quantitative estimate of drug-likeness (QED) is 0.897. The van der Waals surface area contributed by atoms with Gasteiger partial charge >= 0.3 is 0 Å². The molecule has 1 N–H and O–H groups in total. The molecule has 2 rings (SSSR count). The van der Waals surface area contributed by atoms with Crippen LogP contribution in [0.15, 0.2) is 5.38 Å². The maximum Gasteiger partial charge on any atom is 0.0957 e. The fourth-order valence-corrected chi connectivity index (χ4v) is 3.65. The van der Waals surface area contributed by atoms with Crippen LogP contribution >= 0.6 is 11.3 Å². The van der Waals surface area contributed by atoms with E-state index in [4.69, 9.17) is 0 Å². The van der Waals surface area contributed by atoms with E-state index >= 15 is 0 Å². The molecule has 1 aliphatic rings. The van der Waals surface area contributed by atoms with Crippen molar-refractivity contribution in [2.45, 2.75) is 70.8 Å². The van der Waals surface area contributed by atoms with Gasteiger partial charge in [0, 0.05) is 17.2 Å². The lowest BCUT2D eigenvalue weighted by Crippen LogP contribution is -2.32. The van der Waals surface area contributed by atoms with Gasteiger partial charge in [0.25, 0.3) is 0 Å². The highest BCUT2D eigenvalue weighted by molar-refractivity contribution is 7.09. The van der Waals surface area contributed by atoms with Crippen LogP contribution in [0.25, 0.3) is 0 Å². The average molecular weight is 267 g/mol. The van der Waals surface area contributed by atoms with Crippen LogP contribution in [0.5, 0.6) is 0 Å². The van der Waals surface area contributed by atoms with E-state index < -0.39 is 5.60 Å². The van der Waals surface area contributed by atoms with Gasteiger partial charge in [0.15, 0.2) is 0 Å². The number of hydrogen-bond donors (Lipinski definition) is 1. The molecule has 0 aliphatic heterocycles. The molecular weight excluding hydrogens is 242 g/mol. The van der Waals surface area contributed by atoms with Gasteiger partial charge in [0.05, 0.1) is 16.3 Å². The first-order chi connectivity index (χ1) is 8.26.